The summed E-state index contributed by atoms with van der Waals surface area (Å²) in [6.45, 7) is 4.41. The van der Waals surface area contributed by atoms with Gasteiger partial charge in [0.05, 0.1) is 17.7 Å². The number of carboxylic acid groups (broad SMARTS) is 1. The fraction of sp³-hybridized carbons (Fsp3) is 0.571. The van der Waals surface area contributed by atoms with E-state index >= 15 is 0 Å². The molecule has 2 amide bonds. The summed E-state index contributed by atoms with van der Waals surface area (Å²) >= 11 is 0. The molecule has 2 rings (SSSR count). The number of furan rings is 1. The number of urea groups is 1. The summed E-state index contributed by atoms with van der Waals surface area (Å²) in [4.78, 5) is 25.1. The van der Waals surface area contributed by atoms with Crippen LogP contribution in [0.1, 0.15) is 38.5 Å². The minimum Gasteiger partial charge on any atom is -0.481 e. The van der Waals surface area contributed by atoms with Gasteiger partial charge in [-0.15, -0.1) is 0 Å². The molecule has 1 fully saturated rings. The molecule has 1 aliphatic heterocycles. The van der Waals surface area contributed by atoms with Crippen LogP contribution < -0.4 is 5.32 Å². The lowest BCUT2D eigenvalue weighted by atomic mass is 9.84. The Balaban J connectivity index is 1.96. The van der Waals surface area contributed by atoms with Crippen LogP contribution in [0.2, 0.25) is 0 Å². The van der Waals surface area contributed by atoms with E-state index in [4.69, 9.17) is 4.42 Å². The van der Waals surface area contributed by atoms with Crippen molar-refractivity contribution in [2.24, 2.45) is 5.41 Å². The van der Waals surface area contributed by atoms with Crippen LogP contribution in [0.3, 0.4) is 0 Å². The van der Waals surface area contributed by atoms with E-state index in [1.54, 1.807) is 23.3 Å². The van der Waals surface area contributed by atoms with E-state index in [2.05, 4.69) is 5.32 Å². The topological polar surface area (TPSA) is 82.8 Å². The van der Waals surface area contributed by atoms with Crippen molar-refractivity contribution in [3.63, 3.8) is 0 Å². The summed E-state index contributed by atoms with van der Waals surface area (Å²) in [5.74, 6) is -0.146. The van der Waals surface area contributed by atoms with Gasteiger partial charge in [0, 0.05) is 13.1 Å². The van der Waals surface area contributed by atoms with Gasteiger partial charge in [-0.3, -0.25) is 4.79 Å². The molecule has 6 heteroatoms. The monoisotopic (exact) mass is 280 g/mol. The zero-order valence-corrected chi connectivity index (χ0v) is 11.8. The van der Waals surface area contributed by atoms with Crippen LogP contribution in [0.4, 0.5) is 4.79 Å². The van der Waals surface area contributed by atoms with E-state index in [1.807, 2.05) is 13.8 Å². The number of aliphatic carboxylic acids is 1. The van der Waals surface area contributed by atoms with Crippen LogP contribution in [0.15, 0.2) is 22.8 Å². The number of hydrogen-bond acceptors (Lipinski definition) is 3. The van der Waals surface area contributed by atoms with Crippen molar-refractivity contribution in [2.45, 2.75) is 32.7 Å². The second kappa shape index (κ2) is 5.56. The third kappa shape index (κ3) is 2.64. The lowest BCUT2D eigenvalue weighted by molar-refractivity contribution is -0.148. The number of amides is 2. The first kappa shape index (κ1) is 14.4. The number of carbonyl (C=O) groups excluding carboxylic acids is 1. The highest BCUT2D eigenvalue weighted by Crippen LogP contribution is 2.34. The Morgan fingerprint density at radius 3 is 2.85 bits per heavy atom. The molecule has 2 heterocycles. The van der Waals surface area contributed by atoms with Gasteiger partial charge in [0.15, 0.2) is 0 Å². The molecule has 1 aliphatic rings. The van der Waals surface area contributed by atoms with Crippen LogP contribution in [0, 0.1) is 5.41 Å². The fourth-order valence-electron chi connectivity index (χ4n) is 2.55. The number of likely N-dealkylation sites (tertiary alicyclic amines) is 1. The number of nitrogens with one attached hydrogen (secondary N) is 1. The zero-order valence-electron chi connectivity index (χ0n) is 11.8. The first-order chi connectivity index (χ1) is 9.48. The van der Waals surface area contributed by atoms with Crippen molar-refractivity contribution < 1.29 is 19.1 Å². The molecule has 0 aliphatic carbocycles. The first-order valence-corrected chi connectivity index (χ1v) is 6.81. The predicted molar refractivity (Wildman–Crippen MR) is 72.2 cm³/mol. The normalized spacial score (nSPS) is 23.6. The van der Waals surface area contributed by atoms with Crippen molar-refractivity contribution in [3.05, 3.63) is 24.2 Å². The Hall–Kier alpha value is -1.98. The van der Waals surface area contributed by atoms with Gasteiger partial charge >= 0.3 is 12.0 Å². The van der Waals surface area contributed by atoms with E-state index < -0.39 is 11.4 Å². The SMILES string of the molecule is CCC1(C(=O)O)CCN(C(=O)NC(C)c2ccco2)C1. The highest BCUT2D eigenvalue weighted by atomic mass is 16.4. The van der Waals surface area contributed by atoms with E-state index in [0.29, 0.717) is 25.1 Å². The van der Waals surface area contributed by atoms with Crippen molar-refractivity contribution in [1.82, 2.24) is 10.2 Å². The number of hydrogen-bond donors (Lipinski definition) is 2. The highest BCUT2D eigenvalue weighted by Gasteiger charge is 2.44. The van der Waals surface area contributed by atoms with Gasteiger partial charge < -0.3 is 19.7 Å². The second-order valence-electron chi connectivity index (χ2n) is 5.30. The molecule has 1 aromatic heterocycles. The molecule has 2 atom stereocenters. The molecule has 1 aromatic rings. The maximum Gasteiger partial charge on any atom is 0.318 e. The summed E-state index contributed by atoms with van der Waals surface area (Å²) in [5, 5.41) is 12.1. The van der Waals surface area contributed by atoms with Gasteiger partial charge in [0.2, 0.25) is 0 Å². The van der Waals surface area contributed by atoms with Gasteiger partial charge in [-0.1, -0.05) is 6.92 Å². The second-order valence-corrected chi connectivity index (χ2v) is 5.30. The van der Waals surface area contributed by atoms with E-state index in [-0.39, 0.29) is 18.6 Å². The molecule has 0 saturated carbocycles. The average Bonchev–Trinajstić information content (AvgIpc) is 3.08. The van der Waals surface area contributed by atoms with Crippen molar-refractivity contribution in [3.8, 4) is 0 Å². The molecule has 2 N–H and O–H groups in total. The molecule has 2 unspecified atom stereocenters. The summed E-state index contributed by atoms with van der Waals surface area (Å²) in [6.07, 6.45) is 2.58. The molecular formula is C14H20N2O4. The maximum atomic E-state index is 12.2. The van der Waals surface area contributed by atoms with Crippen LogP contribution in [-0.2, 0) is 4.79 Å². The Labute approximate surface area is 117 Å². The summed E-state index contributed by atoms with van der Waals surface area (Å²) in [7, 11) is 0. The lowest BCUT2D eigenvalue weighted by Gasteiger charge is -2.24. The van der Waals surface area contributed by atoms with E-state index in [1.165, 1.54) is 0 Å². The van der Waals surface area contributed by atoms with Crippen LogP contribution >= 0.6 is 0 Å². The summed E-state index contributed by atoms with van der Waals surface area (Å²) < 4.78 is 5.23. The lowest BCUT2D eigenvalue weighted by Crippen LogP contribution is -2.42. The number of carbonyl (C=O) groups is 2. The van der Waals surface area contributed by atoms with E-state index in [0.717, 1.165) is 0 Å². The minimum atomic E-state index is -0.825. The van der Waals surface area contributed by atoms with Gasteiger partial charge in [-0.05, 0) is 31.9 Å². The van der Waals surface area contributed by atoms with Gasteiger partial charge in [0.1, 0.15) is 5.76 Å². The minimum absolute atomic E-state index is 0.237. The Morgan fingerprint density at radius 2 is 2.35 bits per heavy atom. The molecular weight excluding hydrogens is 260 g/mol. The van der Waals surface area contributed by atoms with Crippen molar-refractivity contribution in [2.75, 3.05) is 13.1 Å². The Bertz CT molecular complexity index is 485. The fourth-order valence-corrected chi connectivity index (χ4v) is 2.55. The largest absolute Gasteiger partial charge is 0.481 e. The summed E-state index contributed by atoms with van der Waals surface area (Å²) in [5.41, 5.74) is -0.800. The van der Waals surface area contributed by atoms with Crippen LogP contribution in [-0.4, -0.2) is 35.1 Å². The van der Waals surface area contributed by atoms with Crippen molar-refractivity contribution in [1.29, 1.82) is 0 Å². The smallest absolute Gasteiger partial charge is 0.318 e. The van der Waals surface area contributed by atoms with Gasteiger partial charge in [0.25, 0.3) is 0 Å². The van der Waals surface area contributed by atoms with E-state index in [9.17, 15) is 14.7 Å². The number of carboxylic acids is 1. The standard InChI is InChI=1S/C14H20N2O4/c1-3-14(12(17)18)6-7-16(9-14)13(19)15-10(2)11-5-4-8-20-11/h4-5,8,10H,3,6-7,9H2,1-2H3,(H,15,19)(H,17,18). The number of rotatable bonds is 4. The number of nitrogens with zero attached hydrogens (tertiary/aromatic N) is 1. The molecule has 0 bridgehead atoms. The molecule has 6 nitrogen and oxygen atoms in total. The van der Waals surface area contributed by atoms with Crippen LogP contribution in [0.25, 0.3) is 0 Å². The molecule has 110 valence electrons. The van der Waals surface area contributed by atoms with Gasteiger partial charge in [-0.2, -0.15) is 0 Å². The molecule has 0 spiro atoms. The predicted octanol–water partition coefficient (Wildman–Crippen LogP) is 2.24. The van der Waals surface area contributed by atoms with Gasteiger partial charge in [-0.25, -0.2) is 4.79 Å². The molecule has 0 radical (unpaired) electrons. The van der Waals surface area contributed by atoms with Crippen molar-refractivity contribution >= 4 is 12.0 Å². The average molecular weight is 280 g/mol. The molecule has 20 heavy (non-hydrogen) atoms. The summed E-state index contributed by atoms with van der Waals surface area (Å²) in [6, 6.07) is 3.08. The molecule has 1 saturated heterocycles. The quantitative estimate of drug-likeness (QED) is 0.886. The maximum absolute atomic E-state index is 12.2. The van der Waals surface area contributed by atoms with Crippen LogP contribution in [0.5, 0.6) is 0 Å². The third-order valence-corrected chi connectivity index (χ3v) is 4.08. The molecule has 0 aromatic carbocycles. The third-order valence-electron chi connectivity index (χ3n) is 4.08. The first-order valence-electron chi connectivity index (χ1n) is 6.81. The Kier molecular flexibility index (Phi) is 4.01. The Morgan fingerprint density at radius 1 is 1.60 bits per heavy atom. The zero-order chi connectivity index (χ0) is 14.8. The highest BCUT2D eigenvalue weighted by molar-refractivity contribution is 5.79.